The fourth-order valence-electron chi connectivity index (χ4n) is 2.81. The number of nitrogens with one attached hydrogen (secondary N) is 1. The Labute approximate surface area is 169 Å². The van der Waals surface area contributed by atoms with Crippen LogP contribution in [0.2, 0.25) is 0 Å². The Morgan fingerprint density at radius 1 is 1.03 bits per heavy atom. The van der Waals surface area contributed by atoms with Crippen LogP contribution in [-0.2, 0) is 11.3 Å². The third-order valence-corrected chi connectivity index (χ3v) is 4.52. The van der Waals surface area contributed by atoms with Crippen molar-refractivity contribution in [2.24, 2.45) is 0 Å². The molecule has 2 amide bonds. The highest BCUT2D eigenvalue weighted by molar-refractivity contribution is 5.95. The number of amides is 2. The zero-order valence-corrected chi connectivity index (χ0v) is 16.0. The largest absolute Gasteiger partial charge is 0.348 e. The maximum Gasteiger partial charge on any atom is 0.251 e. The highest BCUT2D eigenvalue weighted by Crippen LogP contribution is 2.23. The lowest BCUT2D eigenvalue weighted by Crippen LogP contribution is -2.25. The molecule has 2 aromatic carbocycles. The van der Waals surface area contributed by atoms with Crippen LogP contribution in [0, 0.1) is 11.3 Å². The molecule has 0 unspecified atom stereocenters. The van der Waals surface area contributed by atoms with Gasteiger partial charge in [0.2, 0.25) is 5.91 Å². The quantitative estimate of drug-likeness (QED) is 0.704. The van der Waals surface area contributed by atoms with Crippen LogP contribution < -0.4 is 10.2 Å². The van der Waals surface area contributed by atoms with Gasteiger partial charge in [0.15, 0.2) is 0 Å². The fourth-order valence-corrected chi connectivity index (χ4v) is 2.81. The molecule has 1 N–H and O–H groups in total. The minimum atomic E-state index is -0.248. The zero-order valence-electron chi connectivity index (χ0n) is 16.0. The van der Waals surface area contributed by atoms with Crippen LogP contribution >= 0.6 is 0 Å². The normalized spacial score (nSPS) is 10.1. The molecular weight excluding hydrogens is 364 g/mol. The molecular formula is C23H20N4O2. The van der Waals surface area contributed by atoms with E-state index in [-0.39, 0.29) is 18.2 Å². The Balaban J connectivity index is 1.64. The van der Waals surface area contributed by atoms with Crippen molar-refractivity contribution in [2.75, 3.05) is 11.9 Å². The van der Waals surface area contributed by atoms with E-state index < -0.39 is 0 Å². The first kappa shape index (κ1) is 19.8. The summed E-state index contributed by atoms with van der Waals surface area (Å²) in [5.74, 6) is -0.393. The molecule has 0 atom stereocenters. The van der Waals surface area contributed by atoms with Crippen LogP contribution in [0.5, 0.6) is 0 Å². The maximum absolute atomic E-state index is 12.3. The van der Waals surface area contributed by atoms with Crippen LogP contribution in [0.15, 0.2) is 73.1 Å². The fraction of sp³-hybridized carbons (Fsp3) is 0.130. The summed E-state index contributed by atoms with van der Waals surface area (Å²) in [4.78, 5) is 29.6. The summed E-state index contributed by atoms with van der Waals surface area (Å²) in [6, 6.07) is 20.4. The first-order valence-corrected chi connectivity index (χ1v) is 9.09. The van der Waals surface area contributed by atoms with Gasteiger partial charge in [-0.25, -0.2) is 0 Å². The highest BCUT2D eigenvalue weighted by atomic mass is 16.2. The lowest BCUT2D eigenvalue weighted by atomic mass is 10.0. The monoisotopic (exact) mass is 384 g/mol. The molecule has 0 fully saturated rings. The molecule has 0 radical (unpaired) electrons. The maximum atomic E-state index is 12.3. The van der Waals surface area contributed by atoms with E-state index >= 15 is 0 Å². The van der Waals surface area contributed by atoms with Crippen LogP contribution in [0.1, 0.15) is 22.3 Å². The Morgan fingerprint density at radius 2 is 1.69 bits per heavy atom. The van der Waals surface area contributed by atoms with E-state index in [2.05, 4.69) is 10.3 Å². The van der Waals surface area contributed by atoms with Crippen LogP contribution in [-0.4, -0.2) is 23.8 Å². The van der Waals surface area contributed by atoms with Crippen molar-refractivity contribution in [3.8, 4) is 17.2 Å². The lowest BCUT2D eigenvalue weighted by molar-refractivity contribution is -0.117. The molecule has 1 heterocycles. The van der Waals surface area contributed by atoms with Crippen molar-refractivity contribution in [2.45, 2.75) is 13.0 Å². The van der Waals surface area contributed by atoms with Gasteiger partial charge in [-0.15, -0.1) is 0 Å². The predicted octanol–water partition coefficient (Wildman–Crippen LogP) is 3.56. The molecule has 6 nitrogen and oxygen atoms in total. The molecule has 3 rings (SSSR count). The van der Waals surface area contributed by atoms with E-state index in [4.69, 9.17) is 5.26 Å². The van der Waals surface area contributed by atoms with E-state index in [1.54, 1.807) is 31.6 Å². The van der Waals surface area contributed by atoms with Crippen molar-refractivity contribution in [1.82, 2.24) is 10.3 Å². The van der Waals surface area contributed by atoms with Gasteiger partial charge in [-0.1, -0.05) is 30.3 Å². The average Bonchev–Trinajstić information content (AvgIpc) is 2.78. The van der Waals surface area contributed by atoms with Crippen molar-refractivity contribution in [3.05, 3.63) is 84.2 Å². The molecule has 0 aliphatic rings. The molecule has 0 bridgehead atoms. The van der Waals surface area contributed by atoms with Crippen LogP contribution in [0.4, 0.5) is 5.69 Å². The summed E-state index contributed by atoms with van der Waals surface area (Å²) in [5, 5.41) is 11.5. The third kappa shape index (κ3) is 5.05. The van der Waals surface area contributed by atoms with E-state index in [1.807, 2.05) is 54.6 Å². The van der Waals surface area contributed by atoms with E-state index in [0.29, 0.717) is 12.1 Å². The van der Waals surface area contributed by atoms with Crippen molar-refractivity contribution < 1.29 is 9.59 Å². The van der Waals surface area contributed by atoms with E-state index in [1.165, 1.54) is 4.90 Å². The van der Waals surface area contributed by atoms with E-state index in [9.17, 15) is 9.59 Å². The van der Waals surface area contributed by atoms with Gasteiger partial charge in [0.1, 0.15) is 6.42 Å². The molecule has 1 aromatic heterocycles. The van der Waals surface area contributed by atoms with Gasteiger partial charge in [0.05, 0.1) is 6.07 Å². The summed E-state index contributed by atoms with van der Waals surface area (Å²) in [6.45, 7) is 0.425. The number of anilines is 1. The minimum Gasteiger partial charge on any atom is -0.348 e. The molecule has 0 saturated heterocycles. The Morgan fingerprint density at radius 3 is 2.28 bits per heavy atom. The van der Waals surface area contributed by atoms with Gasteiger partial charge < -0.3 is 10.2 Å². The summed E-state index contributed by atoms with van der Waals surface area (Å²) in [7, 11) is 1.65. The van der Waals surface area contributed by atoms with Crippen molar-refractivity contribution in [1.29, 1.82) is 5.26 Å². The second-order valence-electron chi connectivity index (χ2n) is 6.46. The third-order valence-electron chi connectivity index (χ3n) is 4.52. The van der Waals surface area contributed by atoms with Gasteiger partial charge >= 0.3 is 0 Å². The first-order chi connectivity index (χ1) is 14.1. The molecule has 0 saturated carbocycles. The number of aromatic nitrogens is 1. The number of nitriles is 1. The highest BCUT2D eigenvalue weighted by Gasteiger charge is 2.11. The summed E-state index contributed by atoms with van der Waals surface area (Å²) in [5.41, 5.74) is 4.18. The second kappa shape index (κ2) is 9.29. The summed E-state index contributed by atoms with van der Waals surface area (Å²) >= 11 is 0. The smallest absolute Gasteiger partial charge is 0.251 e. The topological polar surface area (TPSA) is 86.1 Å². The van der Waals surface area contributed by atoms with Gasteiger partial charge in [0.25, 0.3) is 5.91 Å². The average molecular weight is 384 g/mol. The number of pyridine rings is 1. The van der Waals surface area contributed by atoms with Crippen LogP contribution in [0.3, 0.4) is 0 Å². The molecule has 29 heavy (non-hydrogen) atoms. The SMILES string of the molecule is CN(C(=O)CC#N)c1ccc(-c2ccc(C(=O)NCc3cccnc3)cc2)cc1. The summed E-state index contributed by atoms with van der Waals surface area (Å²) in [6.07, 6.45) is 3.26. The number of nitrogens with zero attached hydrogens (tertiary/aromatic N) is 3. The Kier molecular flexibility index (Phi) is 6.33. The molecule has 144 valence electrons. The van der Waals surface area contributed by atoms with Crippen molar-refractivity contribution in [3.63, 3.8) is 0 Å². The number of benzene rings is 2. The molecule has 6 heteroatoms. The van der Waals surface area contributed by atoms with Gasteiger partial charge in [0, 0.05) is 37.2 Å². The van der Waals surface area contributed by atoms with E-state index in [0.717, 1.165) is 22.4 Å². The zero-order chi connectivity index (χ0) is 20.6. The number of rotatable bonds is 6. The molecule has 0 spiro atoms. The standard InChI is InChI=1S/C23H20N4O2/c1-27(22(28)12-13-24)21-10-8-19(9-11-21)18-4-6-20(7-5-18)23(29)26-16-17-3-2-14-25-15-17/h2-11,14-15H,12,16H2,1H3,(H,26,29). The van der Waals surface area contributed by atoms with Crippen molar-refractivity contribution >= 4 is 17.5 Å². The molecule has 0 aliphatic heterocycles. The molecule has 3 aromatic rings. The molecule has 0 aliphatic carbocycles. The van der Waals surface area contributed by atoms with Gasteiger partial charge in [-0.3, -0.25) is 14.6 Å². The van der Waals surface area contributed by atoms with Gasteiger partial charge in [-0.2, -0.15) is 5.26 Å². The first-order valence-electron chi connectivity index (χ1n) is 9.09. The van der Waals surface area contributed by atoms with Crippen LogP contribution in [0.25, 0.3) is 11.1 Å². The number of hydrogen-bond donors (Lipinski definition) is 1. The number of hydrogen-bond acceptors (Lipinski definition) is 4. The second-order valence-corrected chi connectivity index (χ2v) is 6.46. The number of carbonyl (C=O) groups excluding carboxylic acids is 2. The lowest BCUT2D eigenvalue weighted by Gasteiger charge is -2.16. The predicted molar refractivity (Wildman–Crippen MR) is 111 cm³/mol. The minimum absolute atomic E-state index is 0.145. The Hall–Kier alpha value is -3.98. The Bertz CT molecular complexity index is 1020. The number of carbonyl (C=O) groups is 2. The summed E-state index contributed by atoms with van der Waals surface area (Å²) < 4.78 is 0. The van der Waals surface area contributed by atoms with Gasteiger partial charge in [-0.05, 0) is 47.0 Å².